The number of amides is 1. The summed E-state index contributed by atoms with van der Waals surface area (Å²) < 4.78 is 10.9. The van der Waals surface area contributed by atoms with Crippen LogP contribution in [0.4, 0.5) is 0 Å². The number of carbonyl (C=O) groups is 1. The van der Waals surface area contributed by atoms with Gasteiger partial charge in [-0.25, -0.2) is 0 Å². The first-order valence-corrected chi connectivity index (χ1v) is 6.06. The Morgan fingerprint density at radius 1 is 1.28 bits per heavy atom. The number of nitrogens with one attached hydrogen (secondary N) is 1. The maximum atomic E-state index is 11.9. The Morgan fingerprint density at radius 3 is 2.61 bits per heavy atom. The molecule has 0 aliphatic carbocycles. The average molecular weight is 247 g/mol. The van der Waals surface area contributed by atoms with Crippen LogP contribution in [0.5, 0.6) is 0 Å². The molecule has 0 saturated heterocycles. The summed E-state index contributed by atoms with van der Waals surface area (Å²) in [7, 11) is 0. The Labute approximate surface area is 106 Å². The zero-order chi connectivity index (χ0) is 13.1. The first-order valence-electron chi connectivity index (χ1n) is 6.06. The number of hydrogen-bond donors (Lipinski definition) is 1. The third-order valence-electron chi connectivity index (χ3n) is 2.77. The van der Waals surface area contributed by atoms with Crippen molar-refractivity contribution < 1.29 is 13.6 Å². The normalized spacial score (nSPS) is 12.4. The van der Waals surface area contributed by atoms with Crippen LogP contribution >= 0.6 is 0 Å². The largest absolute Gasteiger partial charge is 0.464 e. The number of carbonyl (C=O) groups excluding carboxylic acids is 1. The number of aryl methyl sites for hydroxylation is 2. The molecule has 96 valence electrons. The Balaban J connectivity index is 2.02. The molecular formula is C14H17NO3. The minimum absolute atomic E-state index is 0.179. The van der Waals surface area contributed by atoms with Gasteiger partial charge in [-0.2, -0.15) is 0 Å². The summed E-state index contributed by atoms with van der Waals surface area (Å²) in [6.07, 6.45) is 0.778. The first kappa shape index (κ1) is 12.5. The summed E-state index contributed by atoms with van der Waals surface area (Å²) in [5.41, 5.74) is 0. The molecule has 2 rings (SSSR count). The van der Waals surface area contributed by atoms with Crippen LogP contribution < -0.4 is 5.32 Å². The summed E-state index contributed by atoms with van der Waals surface area (Å²) in [6.45, 7) is 5.73. The molecule has 4 nitrogen and oxygen atoms in total. The Hall–Kier alpha value is -1.97. The van der Waals surface area contributed by atoms with Crippen molar-refractivity contribution in [2.45, 2.75) is 33.2 Å². The van der Waals surface area contributed by atoms with Crippen LogP contribution in [0.2, 0.25) is 0 Å². The van der Waals surface area contributed by atoms with E-state index in [2.05, 4.69) is 5.32 Å². The summed E-state index contributed by atoms with van der Waals surface area (Å²) in [5.74, 6) is 2.49. The molecule has 0 saturated carbocycles. The molecule has 0 aromatic carbocycles. The van der Waals surface area contributed by atoms with Crippen molar-refractivity contribution in [3.63, 3.8) is 0 Å². The fourth-order valence-corrected chi connectivity index (χ4v) is 1.72. The van der Waals surface area contributed by atoms with Gasteiger partial charge in [0.15, 0.2) is 5.76 Å². The predicted octanol–water partition coefficient (Wildman–Crippen LogP) is 3.23. The fraction of sp³-hybridized carbons (Fsp3) is 0.357. The van der Waals surface area contributed by atoms with Crippen LogP contribution in [0.25, 0.3) is 0 Å². The molecule has 0 spiro atoms. The second-order valence-corrected chi connectivity index (χ2v) is 4.26. The summed E-state index contributed by atoms with van der Waals surface area (Å²) in [5, 5.41) is 2.84. The molecule has 2 aromatic rings. The van der Waals surface area contributed by atoms with E-state index in [1.165, 1.54) is 0 Å². The van der Waals surface area contributed by atoms with Crippen molar-refractivity contribution in [2.24, 2.45) is 0 Å². The van der Waals surface area contributed by atoms with Crippen LogP contribution in [0, 0.1) is 6.92 Å². The van der Waals surface area contributed by atoms with Crippen molar-refractivity contribution in [3.8, 4) is 0 Å². The van der Waals surface area contributed by atoms with E-state index in [0.717, 1.165) is 23.7 Å². The van der Waals surface area contributed by atoms with Crippen molar-refractivity contribution in [2.75, 3.05) is 0 Å². The van der Waals surface area contributed by atoms with Gasteiger partial charge in [-0.1, -0.05) is 6.92 Å². The Kier molecular flexibility index (Phi) is 3.55. The van der Waals surface area contributed by atoms with E-state index in [0.29, 0.717) is 5.76 Å². The summed E-state index contributed by atoms with van der Waals surface area (Å²) in [4.78, 5) is 11.9. The van der Waals surface area contributed by atoms with Crippen LogP contribution in [0.15, 0.2) is 33.1 Å². The molecule has 0 bridgehead atoms. The van der Waals surface area contributed by atoms with Crippen LogP contribution in [0.1, 0.15) is 47.7 Å². The minimum atomic E-state index is -0.226. The van der Waals surface area contributed by atoms with E-state index < -0.39 is 0 Å². The monoisotopic (exact) mass is 247 g/mol. The van der Waals surface area contributed by atoms with Crippen LogP contribution in [-0.4, -0.2) is 5.91 Å². The molecule has 18 heavy (non-hydrogen) atoms. The number of furan rings is 2. The first-order chi connectivity index (χ1) is 8.60. The van der Waals surface area contributed by atoms with Gasteiger partial charge in [0.05, 0.1) is 6.04 Å². The molecule has 0 radical (unpaired) electrons. The molecule has 2 aromatic heterocycles. The second-order valence-electron chi connectivity index (χ2n) is 4.26. The lowest BCUT2D eigenvalue weighted by molar-refractivity contribution is 0.0905. The Morgan fingerprint density at radius 2 is 2.06 bits per heavy atom. The van der Waals surface area contributed by atoms with Crippen molar-refractivity contribution in [1.82, 2.24) is 5.32 Å². The van der Waals surface area contributed by atoms with Crippen molar-refractivity contribution >= 4 is 5.91 Å². The molecule has 4 heteroatoms. The lowest BCUT2D eigenvalue weighted by Gasteiger charge is -2.09. The van der Waals surface area contributed by atoms with Gasteiger partial charge in [0.2, 0.25) is 0 Å². The fourth-order valence-electron chi connectivity index (χ4n) is 1.72. The van der Waals surface area contributed by atoms with Crippen molar-refractivity contribution in [1.29, 1.82) is 0 Å². The van der Waals surface area contributed by atoms with E-state index in [4.69, 9.17) is 8.83 Å². The highest BCUT2D eigenvalue weighted by Gasteiger charge is 2.16. The van der Waals surface area contributed by atoms with Gasteiger partial charge in [-0.3, -0.25) is 4.79 Å². The standard InChI is InChI=1S/C14H17NO3/c1-4-11-6-8-13(18-11)14(16)15-10(3)12-7-5-9(2)17-12/h5-8,10H,4H2,1-3H3,(H,15,16)/t10-/m1/s1. The van der Waals surface area contributed by atoms with E-state index in [1.54, 1.807) is 6.07 Å². The van der Waals surface area contributed by atoms with E-state index in [-0.39, 0.29) is 11.9 Å². The molecular weight excluding hydrogens is 230 g/mol. The average Bonchev–Trinajstić information content (AvgIpc) is 2.97. The summed E-state index contributed by atoms with van der Waals surface area (Å²) >= 11 is 0. The zero-order valence-corrected chi connectivity index (χ0v) is 10.8. The van der Waals surface area contributed by atoms with Gasteiger partial charge < -0.3 is 14.2 Å². The molecule has 1 N–H and O–H groups in total. The van der Waals surface area contributed by atoms with Gasteiger partial charge >= 0.3 is 0 Å². The van der Waals surface area contributed by atoms with E-state index >= 15 is 0 Å². The topological polar surface area (TPSA) is 55.4 Å². The second kappa shape index (κ2) is 5.12. The third kappa shape index (κ3) is 2.64. The molecule has 2 heterocycles. The van der Waals surface area contributed by atoms with Gasteiger partial charge in [-0.15, -0.1) is 0 Å². The van der Waals surface area contributed by atoms with Gasteiger partial charge in [0.25, 0.3) is 5.91 Å². The van der Waals surface area contributed by atoms with Crippen LogP contribution in [0.3, 0.4) is 0 Å². The number of rotatable bonds is 4. The van der Waals surface area contributed by atoms with E-state index in [9.17, 15) is 4.79 Å². The van der Waals surface area contributed by atoms with Gasteiger partial charge in [0.1, 0.15) is 17.3 Å². The van der Waals surface area contributed by atoms with E-state index in [1.807, 2.05) is 39.0 Å². The number of hydrogen-bond acceptors (Lipinski definition) is 3. The molecule has 0 aliphatic rings. The molecule has 0 fully saturated rings. The third-order valence-corrected chi connectivity index (χ3v) is 2.77. The maximum Gasteiger partial charge on any atom is 0.287 e. The van der Waals surface area contributed by atoms with Crippen LogP contribution in [-0.2, 0) is 6.42 Å². The van der Waals surface area contributed by atoms with Crippen molar-refractivity contribution in [3.05, 3.63) is 47.3 Å². The predicted molar refractivity (Wildman–Crippen MR) is 67.4 cm³/mol. The molecule has 0 aliphatic heterocycles. The lowest BCUT2D eigenvalue weighted by Crippen LogP contribution is -2.25. The molecule has 0 unspecified atom stereocenters. The molecule has 1 atom stereocenters. The maximum absolute atomic E-state index is 11.9. The summed E-state index contributed by atoms with van der Waals surface area (Å²) in [6, 6.07) is 7.06. The highest BCUT2D eigenvalue weighted by atomic mass is 16.4. The zero-order valence-electron chi connectivity index (χ0n) is 10.8. The molecule has 1 amide bonds. The highest BCUT2D eigenvalue weighted by Crippen LogP contribution is 2.16. The SMILES string of the molecule is CCc1ccc(C(=O)N[C@H](C)c2ccc(C)o2)o1. The van der Waals surface area contributed by atoms with Gasteiger partial charge in [0, 0.05) is 6.42 Å². The highest BCUT2D eigenvalue weighted by molar-refractivity contribution is 5.91. The lowest BCUT2D eigenvalue weighted by atomic mass is 10.2. The van der Waals surface area contributed by atoms with Gasteiger partial charge in [-0.05, 0) is 38.1 Å². The smallest absolute Gasteiger partial charge is 0.287 e. The minimum Gasteiger partial charge on any atom is -0.464 e. The quantitative estimate of drug-likeness (QED) is 0.902. The Bertz CT molecular complexity index is 539.